The smallest absolute Gasteiger partial charge is 0.357 e. The van der Waals surface area contributed by atoms with Crippen LogP contribution in [0.25, 0.3) is 10.9 Å². The fourth-order valence-electron chi connectivity index (χ4n) is 4.70. The molecule has 0 spiro atoms. The molecule has 0 saturated carbocycles. The molecule has 1 amide bonds. The zero-order valence-corrected chi connectivity index (χ0v) is 23.2. The molecule has 1 saturated heterocycles. The lowest BCUT2D eigenvalue weighted by Gasteiger charge is -2.36. The highest BCUT2D eigenvalue weighted by atomic mass is 35.5. The third kappa shape index (κ3) is 6.25. The van der Waals surface area contributed by atoms with Crippen LogP contribution in [0.4, 0.5) is 15.8 Å². The summed E-state index contributed by atoms with van der Waals surface area (Å²) in [6.45, 7) is 1.39. The summed E-state index contributed by atoms with van der Waals surface area (Å²) in [6, 6.07) is 19.3. The number of aromatic nitrogens is 1. The summed E-state index contributed by atoms with van der Waals surface area (Å²) >= 11 is 10.6. The third-order valence-corrected chi connectivity index (χ3v) is 6.78. The molecule has 3 N–H and O–H groups in total. The fourth-order valence-corrected chi connectivity index (χ4v) is 4.82. The summed E-state index contributed by atoms with van der Waals surface area (Å²) in [4.78, 5) is 41.5. The van der Waals surface area contributed by atoms with Gasteiger partial charge in [-0.3, -0.25) is 24.3 Å². The molecule has 1 fully saturated rings. The Bertz CT molecular complexity index is 1550. The second-order valence-corrected chi connectivity index (χ2v) is 9.21. The van der Waals surface area contributed by atoms with Gasteiger partial charge < -0.3 is 16.0 Å². The zero-order valence-electron chi connectivity index (χ0n) is 21.7. The van der Waals surface area contributed by atoms with Gasteiger partial charge in [0.05, 0.1) is 17.0 Å². The van der Waals surface area contributed by atoms with Gasteiger partial charge in [-0.2, -0.15) is 0 Å². The molecule has 3 aromatic carbocycles. The Morgan fingerprint density at radius 3 is 2.15 bits per heavy atom. The Kier molecular flexibility index (Phi) is 10.2. The number of carbonyl (C=O) groups excluding carboxylic acids is 1. The molecule has 12 heteroatoms. The van der Waals surface area contributed by atoms with Crippen LogP contribution < -0.4 is 16.6 Å². The Balaban J connectivity index is 0.00000144. The van der Waals surface area contributed by atoms with Crippen LogP contribution in [-0.4, -0.2) is 52.9 Å². The van der Waals surface area contributed by atoms with E-state index < -0.39 is 22.0 Å². The first-order chi connectivity index (χ1) is 18.8. The molecule has 5 rings (SSSR count). The van der Waals surface area contributed by atoms with Crippen molar-refractivity contribution in [3.8, 4) is 0 Å². The van der Waals surface area contributed by atoms with E-state index in [1.807, 2.05) is 0 Å². The average molecular weight is 588 g/mol. The molecule has 1 aromatic heterocycles. The molecule has 4 aromatic rings. The summed E-state index contributed by atoms with van der Waals surface area (Å²) in [5.74, 6) is -0.554. The van der Waals surface area contributed by atoms with Gasteiger partial charge in [0.25, 0.3) is 5.91 Å². The molecule has 9 nitrogen and oxygen atoms in total. The van der Waals surface area contributed by atoms with E-state index in [0.717, 1.165) is 0 Å². The number of para-hydroxylation sites is 1. The highest BCUT2D eigenvalue weighted by molar-refractivity contribution is 6.30. The maximum absolute atomic E-state index is 13.5. The first kappa shape index (κ1) is 30.6. The van der Waals surface area contributed by atoms with Crippen LogP contribution in [0.5, 0.6) is 0 Å². The van der Waals surface area contributed by atoms with Crippen LogP contribution in [0.1, 0.15) is 15.9 Å². The van der Waals surface area contributed by atoms with Crippen molar-refractivity contribution < 1.29 is 14.1 Å². The quantitative estimate of drug-likeness (QED) is 0.181. The van der Waals surface area contributed by atoms with Crippen molar-refractivity contribution in [2.24, 2.45) is 0 Å². The zero-order chi connectivity index (χ0) is 28.1. The molecule has 0 unspecified atom stereocenters. The van der Waals surface area contributed by atoms with Crippen molar-refractivity contribution in [1.29, 1.82) is 0 Å². The summed E-state index contributed by atoms with van der Waals surface area (Å²) < 4.78 is 14.7. The topological polar surface area (TPSA) is 124 Å². The second-order valence-electron chi connectivity index (χ2n) is 8.78. The molecule has 0 radical (unpaired) electrons. The predicted molar refractivity (Wildman–Crippen MR) is 157 cm³/mol. The van der Waals surface area contributed by atoms with Crippen LogP contribution in [0.2, 0.25) is 5.02 Å². The number of halogens is 3. The molecular formula is C28H28Cl2FN5O4. The normalized spacial score (nSPS) is 12.8. The Labute approximate surface area is 240 Å². The van der Waals surface area contributed by atoms with Gasteiger partial charge in [-0.25, -0.2) is 4.39 Å². The van der Waals surface area contributed by atoms with E-state index in [1.165, 1.54) is 23.1 Å². The molecule has 0 atom stereocenters. The van der Waals surface area contributed by atoms with Gasteiger partial charge in [-0.1, -0.05) is 41.9 Å². The summed E-state index contributed by atoms with van der Waals surface area (Å²) in [5, 5.41) is 13.3. The number of amides is 1. The highest BCUT2D eigenvalue weighted by Crippen LogP contribution is 2.34. The molecule has 1 aliphatic rings. The van der Waals surface area contributed by atoms with Gasteiger partial charge in [-0.15, -0.1) is 11.6 Å². The molecule has 0 aliphatic carbocycles. The molecule has 210 valence electrons. The predicted octanol–water partition coefficient (Wildman–Crippen LogP) is 5.73. The maximum atomic E-state index is 13.5. The molecule has 1 aliphatic heterocycles. The van der Waals surface area contributed by atoms with Crippen LogP contribution in [0.15, 0.2) is 77.6 Å². The maximum Gasteiger partial charge on any atom is 0.357 e. The number of rotatable bonds is 5. The highest BCUT2D eigenvalue weighted by Gasteiger charge is 2.32. The van der Waals surface area contributed by atoms with Gasteiger partial charge in [0.15, 0.2) is 0 Å². The minimum Gasteiger partial charge on any atom is -0.362 e. The van der Waals surface area contributed by atoms with Crippen molar-refractivity contribution in [1.82, 2.24) is 15.6 Å². The third-order valence-electron chi connectivity index (χ3n) is 6.53. The van der Waals surface area contributed by atoms with E-state index in [2.05, 4.69) is 11.6 Å². The van der Waals surface area contributed by atoms with E-state index in [1.54, 1.807) is 70.5 Å². The van der Waals surface area contributed by atoms with Gasteiger partial charge in [0, 0.05) is 48.5 Å². The minimum absolute atomic E-state index is 0. The first-order valence-electron chi connectivity index (χ1n) is 12.1. The lowest BCUT2D eigenvalue weighted by Crippen LogP contribution is -2.49. The fraction of sp³-hybridized carbons (Fsp3) is 0.214. The number of carbonyl (C=O) groups is 1. The van der Waals surface area contributed by atoms with Crippen LogP contribution in [0, 0.1) is 15.9 Å². The number of alkyl halides is 1. The van der Waals surface area contributed by atoms with E-state index in [-0.39, 0.29) is 24.3 Å². The van der Waals surface area contributed by atoms with Crippen LogP contribution in [-0.2, 0) is 6.54 Å². The number of nitrogens with zero attached hydrogens (tertiary/aromatic N) is 4. The first-order valence-corrected chi connectivity index (χ1v) is 13.2. The van der Waals surface area contributed by atoms with Gasteiger partial charge in [0.2, 0.25) is 0 Å². The van der Waals surface area contributed by atoms with Gasteiger partial charge in [-0.05, 0) is 48.0 Å². The monoisotopic (exact) mass is 587 g/mol. The van der Waals surface area contributed by atoms with Crippen molar-refractivity contribution in [2.75, 3.05) is 37.5 Å². The average Bonchev–Trinajstić information content (AvgIpc) is 2.96. The van der Waals surface area contributed by atoms with Crippen molar-refractivity contribution >= 4 is 51.4 Å². The van der Waals surface area contributed by atoms with E-state index in [4.69, 9.17) is 11.6 Å². The van der Waals surface area contributed by atoms with E-state index in [0.29, 0.717) is 53.2 Å². The molecule has 40 heavy (non-hydrogen) atoms. The van der Waals surface area contributed by atoms with Crippen LogP contribution in [0.3, 0.4) is 0 Å². The van der Waals surface area contributed by atoms with E-state index in [9.17, 15) is 24.1 Å². The lowest BCUT2D eigenvalue weighted by atomic mass is 10.1. The summed E-state index contributed by atoms with van der Waals surface area (Å²) in [6.07, 6.45) is 1.47. The molecule has 2 heterocycles. The molecular weight excluding hydrogens is 560 g/mol. The van der Waals surface area contributed by atoms with Gasteiger partial charge >= 0.3 is 11.2 Å². The Hall–Kier alpha value is -3.99. The van der Waals surface area contributed by atoms with Crippen molar-refractivity contribution in [3.63, 3.8) is 0 Å². The summed E-state index contributed by atoms with van der Waals surface area (Å²) in [5.41, 5.74) is 0.695. The van der Waals surface area contributed by atoms with Crippen molar-refractivity contribution in [2.45, 2.75) is 6.54 Å². The number of nitro groups is 1. The number of fused-ring (bicyclic) bond motifs is 1. The second kappa shape index (κ2) is 13.4. The largest absolute Gasteiger partial charge is 0.362 e. The Morgan fingerprint density at radius 2 is 1.55 bits per heavy atom. The number of benzene rings is 3. The van der Waals surface area contributed by atoms with Crippen molar-refractivity contribution in [3.05, 3.63) is 115 Å². The van der Waals surface area contributed by atoms with Crippen LogP contribution >= 0.6 is 23.2 Å². The SMILES string of the molecule is CCl.N.O=C(c1ccc(Cl)cc1)N1CCN(c2c([N+](=O)[O-])c(=O)n(Cc3ccc(F)cc3)c3ccccc23)CC1. The van der Waals surface area contributed by atoms with Gasteiger partial charge in [0.1, 0.15) is 11.5 Å². The van der Waals surface area contributed by atoms with E-state index >= 15 is 0 Å². The molecule has 0 bridgehead atoms. The number of anilines is 1. The lowest BCUT2D eigenvalue weighted by molar-refractivity contribution is -0.385. The number of piperazine rings is 1. The number of hydrogen-bond acceptors (Lipinski definition) is 6. The number of pyridine rings is 1. The summed E-state index contributed by atoms with van der Waals surface area (Å²) in [7, 11) is 0. The Morgan fingerprint density at radius 1 is 0.950 bits per heavy atom. The number of hydrogen-bond donors (Lipinski definition) is 1. The minimum atomic E-state index is -0.734. The standard InChI is InChI=1S/C27H22ClFN4O4.CH3Cl.H3N/c28-20-9-7-19(8-10-20)26(34)31-15-13-30(14-16-31)24-22-3-1-2-4-23(22)32(27(35)25(24)33(36)37)17-18-5-11-21(29)12-6-18;1-2;/h1-12H,13-17H2;1H3;1H3.